The maximum Gasteiger partial charge on any atom is 0.314 e. The number of anilines is 2. The Kier molecular flexibility index (Phi) is 3.80. The summed E-state index contributed by atoms with van der Waals surface area (Å²) in [6.07, 6.45) is 1.48. The van der Waals surface area contributed by atoms with Gasteiger partial charge >= 0.3 is 11.8 Å². The number of hydrogen-bond donors (Lipinski definition) is 2. The van der Waals surface area contributed by atoms with Crippen molar-refractivity contribution in [3.63, 3.8) is 0 Å². The van der Waals surface area contributed by atoms with E-state index in [1.54, 1.807) is 30.3 Å². The highest BCUT2D eigenvalue weighted by Gasteiger charge is 2.18. The van der Waals surface area contributed by atoms with Crippen molar-refractivity contribution in [1.82, 2.24) is 4.98 Å². The first-order valence-electron chi connectivity index (χ1n) is 6.26. The van der Waals surface area contributed by atoms with E-state index in [0.717, 1.165) is 0 Å². The lowest BCUT2D eigenvalue weighted by Gasteiger charge is -2.07. The molecule has 2 amide bonds. The first-order chi connectivity index (χ1) is 10.6. The summed E-state index contributed by atoms with van der Waals surface area (Å²) in [6.45, 7) is 0.132. The third-order valence-corrected chi connectivity index (χ3v) is 3.15. The van der Waals surface area contributed by atoms with E-state index < -0.39 is 11.8 Å². The second-order valence-electron chi connectivity index (χ2n) is 4.32. The Balaban J connectivity index is 1.67. The van der Waals surface area contributed by atoms with Crippen LogP contribution in [0.2, 0.25) is 5.15 Å². The third kappa shape index (κ3) is 2.94. The number of aromatic nitrogens is 1. The molecule has 0 bridgehead atoms. The molecule has 0 unspecified atom stereocenters. The Morgan fingerprint density at radius 2 is 1.86 bits per heavy atom. The number of rotatable bonds is 2. The number of benzene rings is 1. The van der Waals surface area contributed by atoms with E-state index in [-0.39, 0.29) is 17.6 Å². The molecular weight excluding hydrogens is 310 g/mol. The van der Waals surface area contributed by atoms with Crippen LogP contribution in [0.15, 0.2) is 36.5 Å². The van der Waals surface area contributed by atoms with Crippen molar-refractivity contribution in [2.45, 2.75) is 0 Å². The summed E-state index contributed by atoms with van der Waals surface area (Å²) in [7, 11) is 0. The van der Waals surface area contributed by atoms with Gasteiger partial charge in [0.05, 0.1) is 5.69 Å². The predicted molar refractivity (Wildman–Crippen MR) is 79.1 cm³/mol. The zero-order chi connectivity index (χ0) is 15.5. The molecule has 2 aromatic rings. The topological polar surface area (TPSA) is 89.5 Å². The van der Waals surface area contributed by atoms with Crippen LogP contribution in [0.25, 0.3) is 0 Å². The van der Waals surface area contributed by atoms with Crippen LogP contribution in [0.4, 0.5) is 11.4 Å². The fourth-order valence-electron chi connectivity index (χ4n) is 1.82. The number of hydrogen-bond acceptors (Lipinski definition) is 5. The lowest BCUT2D eigenvalue weighted by Crippen LogP contribution is -2.29. The molecule has 0 fully saturated rings. The molecule has 0 saturated carbocycles. The average Bonchev–Trinajstić information content (AvgIpc) is 2.97. The summed E-state index contributed by atoms with van der Waals surface area (Å²) < 4.78 is 10.4. The molecule has 0 aliphatic carbocycles. The van der Waals surface area contributed by atoms with Crippen molar-refractivity contribution < 1.29 is 19.1 Å². The Labute approximate surface area is 130 Å². The lowest BCUT2D eigenvalue weighted by molar-refractivity contribution is -0.133. The summed E-state index contributed by atoms with van der Waals surface area (Å²) >= 11 is 5.81. The monoisotopic (exact) mass is 319 g/mol. The fraction of sp³-hybridized carbons (Fsp3) is 0.0714. The van der Waals surface area contributed by atoms with Crippen LogP contribution in [0.5, 0.6) is 11.5 Å². The number of halogens is 1. The number of nitrogens with one attached hydrogen (secondary N) is 2. The molecule has 0 radical (unpaired) electrons. The minimum atomic E-state index is -0.854. The van der Waals surface area contributed by atoms with E-state index in [9.17, 15) is 9.59 Å². The normalized spacial score (nSPS) is 11.9. The maximum absolute atomic E-state index is 11.9. The van der Waals surface area contributed by atoms with Crippen molar-refractivity contribution in [1.29, 1.82) is 0 Å². The number of nitrogens with zero attached hydrogens (tertiary/aromatic N) is 1. The Morgan fingerprint density at radius 1 is 1.09 bits per heavy atom. The van der Waals surface area contributed by atoms with Crippen molar-refractivity contribution in [2.24, 2.45) is 0 Å². The SMILES string of the molecule is O=C(Nc1ccc2c(c1)OCO2)C(=O)Nc1cccnc1Cl. The highest BCUT2D eigenvalue weighted by atomic mass is 35.5. The number of pyridine rings is 1. The molecule has 1 aromatic heterocycles. The molecule has 2 heterocycles. The zero-order valence-electron chi connectivity index (χ0n) is 11.1. The molecule has 7 nitrogen and oxygen atoms in total. The second kappa shape index (κ2) is 5.90. The van der Waals surface area contributed by atoms with Crippen LogP contribution in [-0.2, 0) is 9.59 Å². The van der Waals surface area contributed by atoms with E-state index in [0.29, 0.717) is 17.2 Å². The van der Waals surface area contributed by atoms with Gasteiger partial charge in [0.25, 0.3) is 0 Å². The Bertz CT molecular complexity index is 751. The molecular formula is C14H10ClN3O4. The molecule has 2 N–H and O–H groups in total. The minimum Gasteiger partial charge on any atom is -0.454 e. The fourth-order valence-corrected chi connectivity index (χ4v) is 1.99. The van der Waals surface area contributed by atoms with Crippen molar-refractivity contribution >= 4 is 34.8 Å². The van der Waals surface area contributed by atoms with Crippen LogP contribution in [0.1, 0.15) is 0 Å². The molecule has 1 aliphatic heterocycles. The van der Waals surface area contributed by atoms with Gasteiger partial charge in [-0.2, -0.15) is 0 Å². The number of amides is 2. The van der Waals surface area contributed by atoms with Gasteiger partial charge in [0.1, 0.15) is 0 Å². The van der Waals surface area contributed by atoms with E-state index >= 15 is 0 Å². The molecule has 0 atom stereocenters. The van der Waals surface area contributed by atoms with Gasteiger partial charge in [-0.3, -0.25) is 9.59 Å². The van der Waals surface area contributed by atoms with E-state index in [1.807, 2.05) is 0 Å². The lowest BCUT2D eigenvalue weighted by atomic mass is 10.2. The maximum atomic E-state index is 11.9. The highest BCUT2D eigenvalue weighted by Crippen LogP contribution is 2.34. The first kappa shape index (κ1) is 14.2. The summed E-state index contributed by atoms with van der Waals surface area (Å²) in [4.78, 5) is 27.5. The van der Waals surface area contributed by atoms with Crippen molar-refractivity contribution in [2.75, 3.05) is 17.4 Å². The minimum absolute atomic E-state index is 0.103. The average molecular weight is 320 g/mol. The Hall–Kier alpha value is -2.80. The van der Waals surface area contributed by atoms with E-state index in [4.69, 9.17) is 21.1 Å². The summed E-state index contributed by atoms with van der Waals surface area (Å²) in [6, 6.07) is 7.96. The summed E-state index contributed by atoms with van der Waals surface area (Å²) in [5.74, 6) is -0.593. The van der Waals surface area contributed by atoms with Gasteiger partial charge in [-0.05, 0) is 24.3 Å². The summed E-state index contributed by atoms with van der Waals surface area (Å²) in [5, 5.41) is 4.95. The van der Waals surface area contributed by atoms with Gasteiger partial charge in [-0.1, -0.05) is 11.6 Å². The molecule has 8 heteroatoms. The quantitative estimate of drug-likeness (QED) is 0.653. The molecule has 0 spiro atoms. The van der Waals surface area contributed by atoms with Crippen molar-refractivity contribution in [3.05, 3.63) is 41.7 Å². The highest BCUT2D eigenvalue weighted by molar-refractivity contribution is 6.44. The van der Waals surface area contributed by atoms with Gasteiger partial charge < -0.3 is 20.1 Å². The van der Waals surface area contributed by atoms with Crippen LogP contribution < -0.4 is 20.1 Å². The zero-order valence-corrected chi connectivity index (χ0v) is 11.9. The number of carbonyl (C=O) groups is 2. The molecule has 1 aromatic carbocycles. The van der Waals surface area contributed by atoms with Crippen LogP contribution in [0, 0.1) is 0 Å². The van der Waals surface area contributed by atoms with E-state index in [1.165, 1.54) is 6.20 Å². The molecule has 1 aliphatic rings. The molecule has 3 rings (SSSR count). The van der Waals surface area contributed by atoms with Gasteiger partial charge in [0, 0.05) is 18.0 Å². The van der Waals surface area contributed by atoms with E-state index in [2.05, 4.69) is 15.6 Å². The molecule has 22 heavy (non-hydrogen) atoms. The molecule has 112 valence electrons. The number of fused-ring (bicyclic) bond motifs is 1. The van der Waals surface area contributed by atoms with Gasteiger partial charge in [0.15, 0.2) is 16.7 Å². The predicted octanol–water partition coefficient (Wildman–Crippen LogP) is 2.04. The first-order valence-corrected chi connectivity index (χ1v) is 6.64. The van der Waals surface area contributed by atoms with Gasteiger partial charge in [-0.25, -0.2) is 4.98 Å². The standard InChI is InChI=1S/C14H10ClN3O4/c15-12-9(2-1-5-16-12)18-14(20)13(19)17-8-3-4-10-11(6-8)22-7-21-10/h1-6H,7H2,(H,17,19)(H,18,20). The van der Waals surface area contributed by atoms with Gasteiger partial charge in [-0.15, -0.1) is 0 Å². The second-order valence-corrected chi connectivity index (χ2v) is 4.68. The van der Waals surface area contributed by atoms with Crippen LogP contribution in [-0.4, -0.2) is 23.6 Å². The number of ether oxygens (including phenoxy) is 2. The number of carbonyl (C=O) groups excluding carboxylic acids is 2. The van der Waals surface area contributed by atoms with Crippen LogP contribution >= 0.6 is 11.6 Å². The molecule has 0 saturated heterocycles. The largest absolute Gasteiger partial charge is 0.454 e. The summed E-state index contributed by atoms with van der Waals surface area (Å²) in [5.41, 5.74) is 0.677. The van der Waals surface area contributed by atoms with Crippen LogP contribution in [0.3, 0.4) is 0 Å². The smallest absolute Gasteiger partial charge is 0.314 e. The third-order valence-electron chi connectivity index (χ3n) is 2.84. The van der Waals surface area contributed by atoms with Gasteiger partial charge in [0.2, 0.25) is 6.79 Å². The van der Waals surface area contributed by atoms with Crippen molar-refractivity contribution in [3.8, 4) is 11.5 Å². The Morgan fingerprint density at radius 3 is 2.68 bits per heavy atom.